The Balaban J connectivity index is 0.000000309. The Kier molecular flexibility index (Phi) is 5.08. The summed E-state index contributed by atoms with van der Waals surface area (Å²) in [5.74, 6) is 0. The van der Waals surface area contributed by atoms with E-state index in [2.05, 4.69) is 10.1 Å². The van der Waals surface area contributed by atoms with Crippen molar-refractivity contribution in [2.45, 2.75) is 12.1 Å². The molecule has 2 heterocycles. The lowest BCUT2D eigenvalue weighted by Gasteiger charge is -2.13. The number of halogens is 2. The summed E-state index contributed by atoms with van der Waals surface area (Å²) in [5, 5.41) is 5.31. The van der Waals surface area contributed by atoms with E-state index < -0.39 is 10.1 Å². The maximum absolute atomic E-state index is 9.19. The number of aromatic nitrogens is 3. The molecule has 22 heavy (non-hydrogen) atoms. The number of hydrogen-bond acceptors (Lipinski definition) is 5. The topological polar surface area (TPSA) is 97.6 Å². The maximum Gasteiger partial charge on any atom is 0.261 e. The summed E-state index contributed by atoms with van der Waals surface area (Å²) in [6, 6.07) is 5.44. The predicted octanol–water partition coefficient (Wildman–Crippen LogP) is 2.01. The SMILES string of the molecule is CS(=O)(=O)O.Clc1ccc(C2(Cn3cncn3)CO2)c(Cl)c1. The molecule has 1 aromatic heterocycles. The van der Waals surface area contributed by atoms with Crippen LogP contribution >= 0.6 is 23.2 Å². The molecule has 120 valence electrons. The minimum absolute atomic E-state index is 0.380. The minimum atomic E-state index is -3.67. The Morgan fingerprint density at radius 1 is 1.45 bits per heavy atom. The van der Waals surface area contributed by atoms with Crippen LogP contribution in [0, 0.1) is 0 Å². The van der Waals surface area contributed by atoms with E-state index in [-0.39, 0.29) is 5.60 Å². The number of nitrogens with zero attached hydrogens (tertiary/aromatic N) is 3. The Hall–Kier alpha value is -1.19. The van der Waals surface area contributed by atoms with E-state index in [1.165, 1.54) is 6.33 Å². The molecule has 0 spiro atoms. The zero-order valence-corrected chi connectivity index (χ0v) is 13.8. The van der Waals surface area contributed by atoms with Gasteiger partial charge in [-0.05, 0) is 12.1 Å². The normalized spacial score (nSPS) is 20.2. The van der Waals surface area contributed by atoms with Gasteiger partial charge >= 0.3 is 0 Å². The molecule has 1 saturated heterocycles. The van der Waals surface area contributed by atoms with E-state index >= 15 is 0 Å². The molecule has 1 aromatic carbocycles. The van der Waals surface area contributed by atoms with Gasteiger partial charge in [0.2, 0.25) is 0 Å². The van der Waals surface area contributed by atoms with Crippen LogP contribution in [0.25, 0.3) is 0 Å². The van der Waals surface area contributed by atoms with Gasteiger partial charge in [0, 0.05) is 15.6 Å². The fourth-order valence-electron chi connectivity index (χ4n) is 1.85. The summed E-state index contributed by atoms with van der Waals surface area (Å²) in [6.07, 6.45) is 3.87. The van der Waals surface area contributed by atoms with Crippen LogP contribution in [0.1, 0.15) is 5.56 Å². The molecule has 3 rings (SSSR count). The molecule has 0 radical (unpaired) electrons. The highest BCUT2D eigenvalue weighted by Gasteiger charge is 2.48. The number of rotatable bonds is 3. The summed E-state index contributed by atoms with van der Waals surface area (Å²) < 4.78 is 33.2. The van der Waals surface area contributed by atoms with Crippen molar-refractivity contribution >= 4 is 33.3 Å². The van der Waals surface area contributed by atoms with Crippen LogP contribution in [0.3, 0.4) is 0 Å². The van der Waals surface area contributed by atoms with Crippen molar-refractivity contribution in [3.63, 3.8) is 0 Å². The quantitative estimate of drug-likeness (QED) is 0.659. The van der Waals surface area contributed by atoms with E-state index in [0.29, 0.717) is 29.5 Å². The molecule has 2 aromatic rings. The number of ether oxygens (including phenoxy) is 1. The summed E-state index contributed by atoms with van der Waals surface area (Å²) in [5.41, 5.74) is 0.564. The summed E-state index contributed by atoms with van der Waals surface area (Å²) >= 11 is 12.1. The molecule has 1 aliphatic heterocycles. The Bertz CT molecular complexity index is 738. The molecular weight excluding hydrogens is 353 g/mol. The second kappa shape index (κ2) is 6.51. The Labute approximate surface area is 137 Å². The third-order valence-corrected chi connectivity index (χ3v) is 3.35. The van der Waals surface area contributed by atoms with Gasteiger partial charge in [-0.25, -0.2) is 9.67 Å². The van der Waals surface area contributed by atoms with Gasteiger partial charge in [0.25, 0.3) is 10.1 Å². The first-order valence-corrected chi connectivity index (χ1v) is 8.64. The number of epoxide rings is 1. The highest BCUT2D eigenvalue weighted by atomic mass is 35.5. The molecule has 0 amide bonds. The van der Waals surface area contributed by atoms with Gasteiger partial charge in [-0.3, -0.25) is 4.55 Å². The Morgan fingerprint density at radius 2 is 2.09 bits per heavy atom. The molecule has 7 nitrogen and oxygen atoms in total. The smallest absolute Gasteiger partial charge is 0.261 e. The third kappa shape index (κ3) is 4.92. The van der Waals surface area contributed by atoms with Crippen molar-refractivity contribution in [3.8, 4) is 0 Å². The second-order valence-corrected chi connectivity index (χ2v) is 7.04. The van der Waals surface area contributed by atoms with E-state index in [1.807, 2.05) is 12.1 Å². The van der Waals surface area contributed by atoms with Crippen molar-refractivity contribution in [2.75, 3.05) is 12.9 Å². The monoisotopic (exact) mass is 365 g/mol. The first-order chi connectivity index (χ1) is 10.2. The number of benzene rings is 1. The lowest BCUT2D eigenvalue weighted by atomic mass is 10.00. The zero-order valence-electron chi connectivity index (χ0n) is 11.5. The van der Waals surface area contributed by atoms with Gasteiger partial charge in [0.05, 0.1) is 19.4 Å². The van der Waals surface area contributed by atoms with Gasteiger partial charge < -0.3 is 4.74 Å². The standard InChI is InChI=1S/C11H9Cl2N3O.CH4O3S/c12-8-1-2-9(10(13)3-8)11(5-17-11)4-16-7-14-6-15-16;1-5(2,3)4/h1-3,6-7H,4-5H2;1H3,(H,2,3,4). The molecule has 0 aliphatic carbocycles. The van der Waals surface area contributed by atoms with E-state index in [9.17, 15) is 8.42 Å². The first kappa shape index (κ1) is 17.2. The molecule has 1 aliphatic rings. The van der Waals surface area contributed by atoms with Gasteiger partial charge in [0.15, 0.2) is 0 Å². The van der Waals surface area contributed by atoms with Crippen molar-refractivity contribution in [1.82, 2.24) is 14.8 Å². The van der Waals surface area contributed by atoms with Crippen LogP contribution < -0.4 is 0 Å². The van der Waals surface area contributed by atoms with E-state index in [0.717, 1.165) is 5.56 Å². The molecule has 0 bridgehead atoms. The van der Waals surface area contributed by atoms with Crippen LogP contribution in [0.4, 0.5) is 0 Å². The summed E-state index contributed by atoms with van der Waals surface area (Å²) in [4.78, 5) is 3.91. The first-order valence-electron chi connectivity index (χ1n) is 6.04. The molecule has 1 atom stereocenters. The summed E-state index contributed by atoms with van der Waals surface area (Å²) in [7, 11) is -3.67. The maximum atomic E-state index is 9.19. The zero-order chi connectivity index (χ0) is 16.4. The van der Waals surface area contributed by atoms with Gasteiger partial charge in [-0.1, -0.05) is 29.3 Å². The highest BCUT2D eigenvalue weighted by Crippen LogP contribution is 2.43. The van der Waals surface area contributed by atoms with Gasteiger partial charge in [0.1, 0.15) is 18.3 Å². The van der Waals surface area contributed by atoms with Crippen molar-refractivity contribution < 1.29 is 17.7 Å². The molecular formula is C12H13Cl2N3O4S. The van der Waals surface area contributed by atoms with Gasteiger partial charge in [-0.15, -0.1) is 0 Å². The van der Waals surface area contributed by atoms with Gasteiger partial charge in [-0.2, -0.15) is 13.5 Å². The second-order valence-electron chi connectivity index (χ2n) is 4.73. The number of hydrogen-bond donors (Lipinski definition) is 1. The van der Waals surface area contributed by atoms with Crippen LogP contribution in [0.15, 0.2) is 30.9 Å². The average Bonchev–Trinajstić information content (AvgIpc) is 2.94. The van der Waals surface area contributed by atoms with Crippen LogP contribution in [0.2, 0.25) is 10.0 Å². The Morgan fingerprint density at radius 3 is 2.55 bits per heavy atom. The molecule has 1 N–H and O–H groups in total. The van der Waals surface area contributed by atoms with Crippen molar-refractivity contribution in [3.05, 3.63) is 46.5 Å². The van der Waals surface area contributed by atoms with Crippen LogP contribution in [-0.4, -0.2) is 40.6 Å². The van der Waals surface area contributed by atoms with Crippen LogP contribution in [0.5, 0.6) is 0 Å². The van der Waals surface area contributed by atoms with Crippen molar-refractivity contribution in [2.24, 2.45) is 0 Å². The minimum Gasteiger partial charge on any atom is -0.362 e. The van der Waals surface area contributed by atoms with Crippen molar-refractivity contribution in [1.29, 1.82) is 0 Å². The predicted molar refractivity (Wildman–Crippen MR) is 81.6 cm³/mol. The lowest BCUT2D eigenvalue weighted by molar-refractivity contribution is 0.269. The highest BCUT2D eigenvalue weighted by molar-refractivity contribution is 7.85. The summed E-state index contributed by atoms with van der Waals surface area (Å²) in [6.45, 7) is 1.24. The largest absolute Gasteiger partial charge is 0.362 e. The van der Waals surface area contributed by atoms with E-state index in [4.69, 9.17) is 32.5 Å². The van der Waals surface area contributed by atoms with E-state index in [1.54, 1.807) is 17.1 Å². The molecule has 0 saturated carbocycles. The fraction of sp³-hybridized carbons (Fsp3) is 0.333. The fourth-order valence-corrected chi connectivity index (χ4v) is 2.43. The third-order valence-electron chi connectivity index (χ3n) is 2.80. The molecule has 10 heteroatoms. The molecule has 1 unspecified atom stereocenters. The lowest BCUT2D eigenvalue weighted by Crippen LogP contribution is -2.18. The average molecular weight is 366 g/mol. The molecule has 1 fully saturated rings. The van der Waals surface area contributed by atoms with Crippen LogP contribution in [-0.2, 0) is 27.0 Å².